The van der Waals surface area contributed by atoms with Crippen LogP contribution in [0.1, 0.15) is 39.5 Å². The van der Waals surface area contributed by atoms with Crippen molar-refractivity contribution < 1.29 is 4.79 Å². The summed E-state index contributed by atoms with van der Waals surface area (Å²) in [6.07, 6.45) is 3.77. The van der Waals surface area contributed by atoms with Crippen molar-refractivity contribution in [3.8, 4) is 0 Å². The van der Waals surface area contributed by atoms with Crippen LogP contribution in [0.3, 0.4) is 0 Å². The summed E-state index contributed by atoms with van der Waals surface area (Å²) in [7, 11) is 0. The first-order valence-electron chi connectivity index (χ1n) is 6.72. The van der Waals surface area contributed by atoms with E-state index in [1.165, 1.54) is 39.1 Å². The predicted octanol–water partition coefficient (Wildman–Crippen LogP) is 1.77. The zero-order chi connectivity index (χ0) is 11.8. The molecule has 1 aliphatic rings. The van der Waals surface area contributed by atoms with Gasteiger partial charge in [-0.15, -0.1) is 0 Å². The Hall–Kier alpha value is -0.410. The van der Waals surface area contributed by atoms with Crippen molar-refractivity contribution in [2.45, 2.75) is 39.5 Å². The van der Waals surface area contributed by atoms with E-state index in [1.807, 2.05) is 6.92 Å². The highest BCUT2D eigenvalue weighted by molar-refractivity contribution is 5.77. The second-order valence-corrected chi connectivity index (χ2v) is 4.68. The molecule has 0 saturated carbocycles. The molecule has 0 N–H and O–H groups in total. The number of hydrogen-bond donors (Lipinski definition) is 0. The summed E-state index contributed by atoms with van der Waals surface area (Å²) < 4.78 is 0. The maximum absolute atomic E-state index is 11.2. The normalized spacial score (nSPS) is 18.9. The summed E-state index contributed by atoms with van der Waals surface area (Å²) in [4.78, 5) is 16.2. The molecule has 0 aromatic heterocycles. The van der Waals surface area contributed by atoms with E-state index in [9.17, 15) is 4.79 Å². The summed E-state index contributed by atoms with van der Waals surface area (Å²) in [5, 5.41) is 0. The van der Waals surface area contributed by atoms with Crippen LogP contribution < -0.4 is 0 Å². The molecule has 0 aromatic rings. The third-order valence-corrected chi connectivity index (χ3v) is 3.33. The molecule has 3 heteroatoms. The monoisotopic (exact) mass is 226 g/mol. The third-order valence-electron chi connectivity index (χ3n) is 3.33. The zero-order valence-electron chi connectivity index (χ0n) is 10.9. The molecule has 1 aliphatic heterocycles. The van der Waals surface area contributed by atoms with E-state index in [4.69, 9.17) is 0 Å². The van der Waals surface area contributed by atoms with Gasteiger partial charge in [0.2, 0.25) is 0 Å². The molecule has 3 nitrogen and oxygen atoms in total. The van der Waals surface area contributed by atoms with Crippen LogP contribution in [0.4, 0.5) is 0 Å². The number of carbonyl (C=O) groups is 1. The molecular weight excluding hydrogens is 200 g/mol. The molecule has 0 amide bonds. The van der Waals surface area contributed by atoms with Crippen molar-refractivity contribution in [1.29, 1.82) is 0 Å². The van der Waals surface area contributed by atoms with Gasteiger partial charge in [-0.2, -0.15) is 0 Å². The molecule has 0 aliphatic carbocycles. The van der Waals surface area contributed by atoms with Gasteiger partial charge in [-0.3, -0.25) is 4.79 Å². The Balaban J connectivity index is 2.06. The molecule has 0 aromatic carbocycles. The summed E-state index contributed by atoms with van der Waals surface area (Å²) in [5.41, 5.74) is 0. The fourth-order valence-electron chi connectivity index (χ4n) is 2.23. The number of Topliss-reactive ketones (excluding diaryl/α,β-unsaturated/α-hetero) is 1. The number of ketones is 1. The molecule has 0 atom stereocenters. The Labute approximate surface area is 99.8 Å². The molecule has 94 valence electrons. The molecule has 0 spiro atoms. The van der Waals surface area contributed by atoms with E-state index < -0.39 is 0 Å². The van der Waals surface area contributed by atoms with Crippen LogP contribution in [0.2, 0.25) is 0 Å². The quantitative estimate of drug-likeness (QED) is 0.661. The average Bonchev–Trinajstić information content (AvgIpc) is 2.31. The van der Waals surface area contributed by atoms with Gasteiger partial charge in [-0.05, 0) is 25.9 Å². The fourth-order valence-corrected chi connectivity index (χ4v) is 2.23. The summed E-state index contributed by atoms with van der Waals surface area (Å²) in [6.45, 7) is 11.3. The lowest BCUT2D eigenvalue weighted by Crippen LogP contribution is -2.46. The van der Waals surface area contributed by atoms with Crippen molar-refractivity contribution in [3.63, 3.8) is 0 Å². The minimum atomic E-state index is 0.407. The number of rotatable bonds is 7. The Morgan fingerprint density at radius 1 is 1.00 bits per heavy atom. The van der Waals surface area contributed by atoms with E-state index >= 15 is 0 Å². The van der Waals surface area contributed by atoms with E-state index in [0.29, 0.717) is 12.2 Å². The predicted molar refractivity (Wildman–Crippen MR) is 67.7 cm³/mol. The fraction of sp³-hybridized carbons (Fsp3) is 0.923. The average molecular weight is 226 g/mol. The Kier molecular flexibility index (Phi) is 6.65. The highest BCUT2D eigenvalue weighted by atomic mass is 16.1. The minimum Gasteiger partial charge on any atom is -0.301 e. The summed E-state index contributed by atoms with van der Waals surface area (Å²) >= 11 is 0. The molecule has 0 radical (unpaired) electrons. The molecule has 1 heterocycles. The van der Waals surface area contributed by atoms with Crippen molar-refractivity contribution in [2.75, 3.05) is 39.3 Å². The van der Waals surface area contributed by atoms with Crippen LogP contribution in [0.5, 0.6) is 0 Å². The van der Waals surface area contributed by atoms with Gasteiger partial charge in [0.25, 0.3) is 0 Å². The van der Waals surface area contributed by atoms with Gasteiger partial charge in [0.05, 0.1) is 0 Å². The molecular formula is C13H26N2O. The minimum absolute atomic E-state index is 0.407. The van der Waals surface area contributed by atoms with Gasteiger partial charge in [0, 0.05) is 39.0 Å². The maximum atomic E-state index is 11.2. The Bertz CT molecular complexity index is 198. The first-order valence-corrected chi connectivity index (χ1v) is 6.72. The Morgan fingerprint density at radius 2 is 1.56 bits per heavy atom. The lowest BCUT2D eigenvalue weighted by Gasteiger charge is -2.34. The third kappa shape index (κ3) is 5.08. The van der Waals surface area contributed by atoms with Crippen LogP contribution >= 0.6 is 0 Å². The van der Waals surface area contributed by atoms with Crippen LogP contribution in [0.25, 0.3) is 0 Å². The molecule has 0 bridgehead atoms. The van der Waals surface area contributed by atoms with E-state index in [2.05, 4.69) is 16.7 Å². The number of hydrogen-bond acceptors (Lipinski definition) is 3. The maximum Gasteiger partial charge on any atom is 0.132 e. The van der Waals surface area contributed by atoms with E-state index in [-0.39, 0.29) is 0 Å². The summed E-state index contributed by atoms with van der Waals surface area (Å²) in [6, 6.07) is 0. The van der Waals surface area contributed by atoms with E-state index in [0.717, 1.165) is 19.4 Å². The Morgan fingerprint density at radius 3 is 2.06 bits per heavy atom. The first kappa shape index (κ1) is 13.7. The van der Waals surface area contributed by atoms with Gasteiger partial charge in [0.15, 0.2) is 0 Å². The van der Waals surface area contributed by atoms with Gasteiger partial charge < -0.3 is 9.80 Å². The molecule has 0 unspecified atom stereocenters. The highest BCUT2D eigenvalue weighted by Gasteiger charge is 2.15. The highest BCUT2D eigenvalue weighted by Crippen LogP contribution is 2.04. The molecule has 1 saturated heterocycles. The lowest BCUT2D eigenvalue weighted by atomic mass is 10.1. The van der Waals surface area contributed by atoms with Crippen LogP contribution in [0.15, 0.2) is 0 Å². The number of piperazine rings is 1. The first-order chi connectivity index (χ1) is 7.76. The van der Waals surface area contributed by atoms with Crippen molar-refractivity contribution in [2.24, 2.45) is 0 Å². The van der Waals surface area contributed by atoms with Gasteiger partial charge in [-0.1, -0.05) is 13.8 Å². The molecule has 16 heavy (non-hydrogen) atoms. The second-order valence-electron chi connectivity index (χ2n) is 4.68. The van der Waals surface area contributed by atoms with Crippen molar-refractivity contribution in [3.05, 3.63) is 0 Å². The van der Waals surface area contributed by atoms with Gasteiger partial charge in [-0.25, -0.2) is 0 Å². The van der Waals surface area contributed by atoms with Crippen molar-refractivity contribution >= 4 is 5.78 Å². The van der Waals surface area contributed by atoms with Crippen molar-refractivity contribution in [1.82, 2.24) is 9.80 Å². The zero-order valence-corrected chi connectivity index (χ0v) is 10.9. The second kappa shape index (κ2) is 7.80. The topological polar surface area (TPSA) is 23.6 Å². The van der Waals surface area contributed by atoms with Gasteiger partial charge >= 0.3 is 0 Å². The molecule has 1 rings (SSSR count). The standard InChI is InChI=1S/C13H26N2O/c1-3-7-14-9-11-15(12-10-14)8-5-6-13(16)4-2/h3-12H2,1-2H3. The molecule has 1 fully saturated rings. The van der Waals surface area contributed by atoms with Gasteiger partial charge in [0.1, 0.15) is 5.78 Å². The van der Waals surface area contributed by atoms with Crippen LogP contribution in [-0.2, 0) is 4.79 Å². The smallest absolute Gasteiger partial charge is 0.132 e. The van der Waals surface area contributed by atoms with Crippen LogP contribution in [-0.4, -0.2) is 54.9 Å². The number of nitrogens with zero attached hydrogens (tertiary/aromatic N) is 2. The number of carbonyl (C=O) groups excluding carboxylic acids is 1. The van der Waals surface area contributed by atoms with Crippen LogP contribution in [0, 0.1) is 0 Å². The SMILES string of the molecule is CCCN1CCN(CCCC(=O)CC)CC1. The lowest BCUT2D eigenvalue weighted by molar-refractivity contribution is -0.118. The largest absolute Gasteiger partial charge is 0.301 e. The van der Waals surface area contributed by atoms with E-state index in [1.54, 1.807) is 0 Å². The summed E-state index contributed by atoms with van der Waals surface area (Å²) in [5.74, 6) is 0.407.